The fourth-order valence-corrected chi connectivity index (χ4v) is 2.34. The number of carbonyl (C=O) groups is 2. The Hall–Kier alpha value is -2.05. The Morgan fingerprint density at radius 3 is 2.46 bits per heavy atom. The summed E-state index contributed by atoms with van der Waals surface area (Å²) in [6.07, 6.45) is 3.35. The number of ether oxygens (including phenoxy) is 1. The predicted octanol–water partition coefficient (Wildman–Crippen LogP) is 2.54. The molecule has 1 heterocycles. The summed E-state index contributed by atoms with van der Waals surface area (Å²) in [5, 5.41) is 0. The van der Waals surface area contributed by atoms with E-state index in [1.807, 2.05) is 20.8 Å². The number of nitrogens with zero attached hydrogens (tertiary/aromatic N) is 4. The molecule has 2 amide bonds. The lowest BCUT2D eigenvalue weighted by atomic mass is 10.3. The van der Waals surface area contributed by atoms with E-state index >= 15 is 0 Å². The van der Waals surface area contributed by atoms with Gasteiger partial charge >= 0.3 is 0 Å². The normalized spacial score (nSPS) is 10.8. The van der Waals surface area contributed by atoms with Gasteiger partial charge in [-0.05, 0) is 26.7 Å². The van der Waals surface area contributed by atoms with E-state index in [1.54, 1.807) is 23.6 Å². The zero-order valence-electron chi connectivity index (χ0n) is 15.7. The zero-order chi connectivity index (χ0) is 18.3. The SMILES string of the molecule is CCCCN(C)C(=O)c1c(N(C)C=O)nc(OC(C)C)n1CCC. The molecule has 0 saturated heterocycles. The third-order valence-electron chi connectivity index (χ3n) is 3.59. The van der Waals surface area contributed by atoms with Gasteiger partial charge in [0.15, 0.2) is 11.5 Å². The lowest BCUT2D eigenvalue weighted by Gasteiger charge is -2.20. The van der Waals surface area contributed by atoms with Gasteiger partial charge in [0.25, 0.3) is 11.9 Å². The van der Waals surface area contributed by atoms with Gasteiger partial charge in [-0.3, -0.25) is 14.2 Å². The largest absolute Gasteiger partial charge is 0.462 e. The van der Waals surface area contributed by atoms with Gasteiger partial charge in [-0.1, -0.05) is 20.3 Å². The maximum absolute atomic E-state index is 13.0. The van der Waals surface area contributed by atoms with Crippen molar-refractivity contribution in [3.05, 3.63) is 5.69 Å². The minimum Gasteiger partial charge on any atom is -0.462 e. The quantitative estimate of drug-likeness (QED) is 0.615. The summed E-state index contributed by atoms with van der Waals surface area (Å²) in [5.74, 6) is 0.189. The highest BCUT2D eigenvalue weighted by Gasteiger charge is 2.28. The van der Waals surface area contributed by atoms with Crippen LogP contribution in [0, 0.1) is 0 Å². The van der Waals surface area contributed by atoms with Crippen molar-refractivity contribution in [1.29, 1.82) is 0 Å². The highest BCUT2D eigenvalue weighted by atomic mass is 16.5. The maximum atomic E-state index is 13.0. The van der Waals surface area contributed by atoms with Crippen molar-refractivity contribution >= 4 is 18.1 Å². The Balaban J connectivity index is 3.37. The van der Waals surface area contributed by atoms with Gasteiger partial charge in [-0.25, -0.2) is 0 Å². The molecule has 24 heavy (non-hydrogen) atoms. The molecule has 0 aliphatic carbocycles. The van der Waals surface area contributed by atoms with E-state index in [-0.39, 0.29) is 12.0 Å². The molecule has 0 bridgehead atoms. The van der Waals surface area contributed by atoms with Crippen molar-refractivity contribution in [3.63, 3.8) is 0 Å². The lowest BCUT2D eigenvalue weighted by molar-refractivity contribution is -0.107. The summed E-state index contributed by atoms with van der Waals surface area (Å²) in [6.45, 7) is 9.19. The van der Waals surface area contributed by atoms with Gasteiger partial charge < -0.3 is 14.5 Å². The first kappa shape index (κ1) is 20.0. The van der Waals surface area contributed by atoms with Crippen LogP contribution in [0.15, 0.2) is 0 Å². The van der Waals surface area contributed by atoms with Gasteiger partial charge in [-0.15, -0.1) is 0 Å². The van der Waals surface area contributed by atoms with Crippen LogP contribution in [0.1, 0.15) is 57.4 Å². The Labute approximate surface area is 144 Å². The van der Waals surface area contributed by atoms with Gasteiger partial charge in [0, 0.05) is 27.2 Å². The van der Waals surface area contributed by atoms with Crippen LogP contribution in [0.2, 0.25) is 0 Å². The van der Waals surface area contributed by atoms with Crippen molar-refractivity contribution in [2.24, 2.45) is 0 Å². The molecule has 0 N–H and O–H groups in total. The third kappa shape index (κ3) is 4.72. The van der Waals surface area contributed by atoms with Crippen LogP contribution in [-0.4, -0.2) is 53.5 Å². The molecule has 0 saturated carbocycles. The van der Waals surface area contributed by atoms with E-state index in [9.17, 15) is 9.59 Å². The van der Waals surface area contributed by atoms with Crippen LogP contribution >= 0.6 is 0 Å². The molecule has 0 spiro atoms. The molecule has 136 valence electrons. The van der Waals surface area contributed by atoms with Crippen molar-refractivity contribution in [2.45, 2.75) is 59.6 Å². The number of carbonyl (C=O) groups excluding carboxylic acids is 2. The molecule has 0 aliphatic rings. The molecule has 0 atom stereocenters. The molecular weight excluding hydrogens is 308 g/mol. The second-order valence-electron chi connectivity index (χ2n) is 6.18. The van der Waals surface area contributed by atoms with Crippen molar-refractivity contribution in [3.8, 4) is 6.01 Å². The third-order valence-corrected chi connectivity index (χ3v) is 3.59. The predicted molar refractivity (Wildman–Crippen MR) is 94.6 cm³/mol. The first-order valence-electron chi connectivity index (χ1n) is 8.58. The molecule has 0 fully saturated rings. The second-order valence-corrected chi connectivity index (χ2v) is 6.18. The average molecular weight is 338 g/mol. The highest BCUT2D eigenvalue weighted by molar-refractivity contribution is 5.99. The number of imidazole rings is 1. The van der Waals surface area contributed by atoms with Crippen LogP contribution in [-0.2, 0) is 11.3 Å². The topological polar surface area (TPSA) is 67.7 Å². The summed E-state index contributed by atoms with van der Waals surface area (Å²) >= 11 is 0. The molecule has 0 unspecified atom stereocenters. The Bertz CT molecular complexity index is 554. The van der Waals surface area contributed by atoms with E-state index in [1.165, 1.54) is 4.90 Å². The van der Waals surface area contributed by atoms with Crippen molar-refractivity contribution < 1.29 is 14.3 Å². The molecule has 0 aromatic carbocycles. The molecule has 7 nitrogen and oxygen atoms in total. The molecule has 7 heteroatoms. The number of rotatable bonds is 10. The summed E-state index contributed by atoms with van der Waals surface area (Å²) in [7, 11) is 3.36. The Morgan fingerprint density at radius 1 is 1.29 bits per heavy atom. The van der Waals surface area contributed by atoms with E-state index in [0.717, 1.165) is 19.3 Å². The summed E-state index contributed by atoms with van der Waals surface area (Å²) < 4.78 is 7.54. The number of aromatic nitrogens is 2. The second kappa shape index (κ2) is 9.30. The number of hydrogen-bond donors (Lipinski definition) is 0. The minimum atomic E-state index is -0.147. The summed E-state index contributed by atoms with van der Waals surface area (Å²) in [6, 6.07) is 0.378. The molecular formula is C17H30N4O3. The van der Waals surface area contributed by atoms with Gasteiger partial charge in [0.2, 0.25) is 6.41 Å². The highest BCUT2D eigenvalue weighted by Crippen LogP contribution is 2.27. The number of unbranched alkanes of at least 4 members (excludes halogenated alkanes) is 1. The molecule has 0 radical (unpaired) electrons. The first-order valence-corrected chi connectivity index (χ1v) is 8.58. The van der Waals surface area contributed by atoms with Crippen LogP contribution in [0.4, 0.5) is 5.82 Å². The van der Waals surface area contributed by atoms with Crippen LogP contribution in [0.5, 0.6) is 6.01 Å². The van der Waals surface area contributed by atoms with E-state index in [0.29, 0.717) is 37.0 Å². The average Bonchev–Trinajstić information content (AvgIpc) is 2.89. The maximum Gasteiger partial charge on any atom is 0.299 e. The molecule has 1 aromatic rings. The van der Waals surface area contributed by atoms with Crippen molar-refractivity contribution in [1.82, 2.24) is 14.5 Å². The number of anilines is 1. The lowest BCUT2D eigenvalue weighted by Crippen LogP contribution is -2.31. The van der Waals surface area contributed by atoms with E-state index in [2.05, 4.69) is 11.9 Å². The monoisotopic (exact) mass is 338 g/mol. The van der Waals surface area contributed by atoms with E-state index in [4.69, 9.17) is 4.74 Å². The molecule has 1 aromatic heterocycles. The van der Waals surface area contributed by atoms with Gasteiger partial charge in [0.05, 0.1) is 6.10 Å². The fourth-order valence-electron chi connectivity index (χ4n) is 2.34. The number of hydrogen-bond acceptors (Lipinski definition) is 4. The van der Waals surface area contributed by atoms with Crippen LogP contribution in [0.3, 0.4) is 0 Å². The van der Waals surface area contributed by atoms with Crippen LogP contribution < -0.4 is 9.64 Å². The molecule has 0 aliphatic heterocycles. The first-order chi connectivity index (χ1) is 11.4. The smallest absolute Gasteiger partial charge is 0.299 e. The molecule has 1 rings (SSSR count). The Kier molecular flexibility index (Phi) is 7.74. The summed E-state index contributed by atoms with van der Waals surface area (Å²) in [5.41, 5.74) is 0.403. The van der Waals surface area contributed by atoms with E-state index < -0.39 is 0 Å². The fraction of sp³-hybridized carbons (Fsp3) is 0.706. The van der Waals surface area contributed by atoms with Crippen LogP contribution in [0.25, 0.3) is 0 Å². The zero-order valence-corrected chi connectivity index (χ0v) is 15.7. The minimum absolute atomic E-state index is 0.0711. The standard InChI is InChI=1S/C17H30N4O3/c1-7-9-11-19(5)16(23)14-15(20(6)12-22)18-17(24-13(3)4)21(14)10-8-2/h12-13H,7-11H2,1-6H3. The number of amides is 2. The van der Waals surface area contributed by atoms with Crippen molar-refractivity contribution in [2.75, 3.05) is 25.5 Å². The Morgan fingerprint density at radius 2 is 1.96 bits per heavy atom. The van der Waals surface area contributed by atoms with Gasteiger partial charge in [0.1, 0.15) is 0 Å². The summed E-state index contributed by atoms with van der Waals surface area (Å²) in [4.78, 5) is 31.6. The van der Waals surface area contributed by atoms with Gasteiger partial charge in [-0.2, -0.15) is 4.98 Å².